The van der Waals surface area contributed by atoms with Crippen LogP contribution in [-0.2, 0) is 10.8 Å². The van der Waals surface area contributed by atoms with Gasteiger partial charge in [0.1, 0.15) is 0 Å². The Balaban J connectivity index is 2.84. The van der Waals surface area contributed by atoms with Crippen molar-refractivity contribution in [1.82, 2.24) is 4.57 Å². The van der Waals surface area contributed by atoms with Crippen molar-refractivity contribution < 1.29 is 19.4 Å². The van der Waals surface area contributed by atoms with Gasteiger partial charge in [0.2, 0.25) is 0 Å². The molecule has 0 aliphatic carbocycles. The normalized spacial score (nSPS) is 15.5. The SMILES string of the molecule is C=CC[C@H](C[C@H](O)[C@@H](O)C(=O)n1cccc1CC)O[Si](CC)(CC)CC. The molecule has 0 bridgehead atoms. The number of carbonyl (C=O) groups excluding carboxylic acids is 1. The first kappa shape index (κ1) is 22.8. The van der Waals surface area contributed by atoms with Gasteiger partial charge in [-0.3, -0.25) is 9.36 Å². The highest BCUT2D eigenvalue weighted by Crippen LogP contribution is 2.26. The summed E-state index contributed by atoms with van der Waals surface area (Å²) < 4.78 is 7.86. The van der Waals surface area contributed by atoms with Crippen molar-refractivity contribution in [1.29, 1.82) is 0 Å². The molecule has 0 fully saturated rings. The summed E-state index contributed by atoms with van der Waals surface area (Å²) in [5.41, 5.74) is 0.814. The Morgan fingerprint density at radius 2 is 1.88 bits per heavy atom. The highest BCUT2D eigenvalue weighted by atomic mass is 28.4. The third-order valence-electron chi connectivity index (χ3n) is 5.33. The summed E-state index contributed by atoms with van der Waals surface area (Å²) in [6, 6.07) is 6.63. The van der Waals surface area contributed by atoms with Crippen LogP contribution >= 0.6 is 0 Å². The topological polar surface area (TPSA) is 71.7 Å². The summed E-state index contributed by atoms with van der Waals surface area (Å²) in [6.45, 7) is 12.2. The molecule has 26 heavy (non-hydrogen) atoms. The van der Waals surface area contributed by atoms with Crippen LogP contribution in [0.5, 0.6) is 0 Å². The lowest BCUT2D eigenvalue weighted by Crippen LogP contribution is -2.44. The molecule has 0 radical (unpaired) electrons. The molecule has 148 valence electrons. The molecule has 3 atom stereocenters. The lowest BCUT2D eigenvalue weighted by Gasteiger charge is -2.34. The van der Waals surface area contributed by atoms with E-state index in [0.29, 0.717) is 12.8 Å². The standard InChI is InChI=1S/C20H35NO4Si/c1-6-12-17(25-26(8-3,9-4)10-5)15-18(22)19(23)20(24)21-14-11-13-16(21)7-2/h6,11,13-14,17-19,22-23H,1,7-10,12,15H2,2-5H3/t17-,18+,19-/m1/s1. The Hall–Kier alpha value is -1.21. The Kier molecular flexibility index (Phi) is 9.50. The van der Waals surface area contributed by atoms with Gasteiger partial charge in [-0.1, -0.05) is 33.8 Å². The molecule has 1 heterocycles. The number of aliphatic hydroxyl groups excluding tert-OH is 2. The van der Waals surface area contributed by atoms with Gasteiger partial charge in [0.25, 0.3) is 5.91 Å². The number of carbonyl (C=O) groups is 1. The number of aromatic nitrogens is 1. The molecule has 0 saturated carbocycles. The van der Waals surface area contributed by atoms with Crippen molar-refractivity contribution in [3.05, 3.63) is 36.7 Å². The lowest BCUT2D eigenvalue weighted by molar-refractivity contribution is -0.00544. The number of aliphatic hydroxyl groups is 2. The largest absolute Gasteiger partial charge is 0.414 e. The molecule has 0 aliphatic rings. The summed E-state index contributed by atoms with van der Waals surface area (Å²) in [5, 5.41) is 20.9. The van der Waals surface area contributed by atoms with E-state index in [1.165, 1.54) is 4.57 Å². The minimum absolute atomic E-state index is 0.219. The van der Waals surface area contributed by atoms with Crippen molar-refractivity contribution >= 4 is 14.2 Å². The summed E-state index contributed by atoms with van der Waals surface area (Å²) in [4.78, 5) is 12.5. The Labute approximate surface area is 158 Å². The van der Waals surface area contributed by atoms with Crippen LogP contribution in [-0.4, -0.2) is 47.3 Å². The molecule has 0 amide bonds. The third-order valence-corrected chi connectivity index (χ3v) is 10.0. The van der Waals surface area contributed by atoms with Gasteiger partial charge in [-0.2, -0.15) is 0 Å². The van der Waals surface area contributed by atoms with E-state index in [1.54, 1.807) is 18.3 Å². The van der Waals surface area contributed by atoms with Gasteiger partial charge in [-0.05, 0) is 43.1 Å². The monoisotopic (exact) mass is 381 g/mol. The van der Waals surface area contributed by atoms with Crippen molar-refractivity contribution in [2.75, 3.05) is 0 Å². The van der Waals surface area contributed by atoms with Crippen LogP contribution in [0.25, 0.3) is 0 Å². The zero-order chi connectivity index (χ0) is 19.7. The highest BCUT2D eigenvalue weighted by Gasteiger charge is 2.34. The average Bonchev–Trinajstić information content (AvgIpc) is 3.13. The lowest BCUT2D eigenvalue weighted by atomic mass is 10.0. The molecule has 1 rings (SSSR count). The van der Waals surface area contributed by atoms with Gasteiger partial charge in [-0.15, -0.1) is 6.58 Å². The Morgan fingerprint density at radius 3 is 2.38 bits per heavy atom. The third kappa shape index (κ3) is 5.64. The molecule has 1 aromatic heterocycles. The van der Waals surface area contributed by atoms with E-state index in [0.717, 1.165) is 23.8 Å². The van der Waals surface area contributed by atoms with Gasteiger partial charge >= 0.3 is 0 Å². The molecule has 0 aromatic carbocycles. The van der Waals surface area contributed by atoms with Crippen LogP contribution in [0.3, 0.4) is 0 Å². The van der Waals surface area contributed by atoms with Gasteiger partial charge < -0.3 is 14.6 Å². The first-order valence-corrected chi connectivity index (χ1v) is 12.3. The van der Waals surface area contributed by atoms with Crippen LogP contribution in [0.15, 0.2) is 31.0 Å². The minimum atomic E-state index is -1.85. The molecule has 1 aromatic rings. The van der Waals surface area contributed by atoms with E-state index >= 15 is 0 Å². The maximum absolute atomic E-state index is 12.5. The molecule has 0 spiro atoms. The van der Waals surface area contributed by atoms with Gasteiger partial charge in [0.15, 0.2) is 14.4 Å². The van der Waals surface area contributed by atoms with Crippen molar-refractivity contribution in [2.45, 2.75) is 83.4 Å². The molecule has 0 unspecified atom stereocenters. The average molecular weight is 382 g/mol. The van der Waals surface area contributed by atoms with E-state index in [2.05, 4.69) is 27.4 Å². The summed E-state index contributed by atoms with van der Waals surface area (Å²) in [7, 11) is -1.85. The quantitative estimate of drug-likeness (QED) is 0.427. The fourth-order valence-electron chi connectivity index (χ4n) is 3.36. The number of nitrogens with zero attached hydrogens (tertiary/aromatic N) is 1. The van der Waals surface area contributed by atoms with E-state index < -0.39 is 26.4 Å². The van der Waals surface area contributed by atoms with Crippen LogP contribution in [0.4, 0.5) is 0 Å². The van der Waals surface area contributed by atoms with E-state index in [-0.39, 0.29) is 12.5 Å². The smallest absolute Gasteiger partial charge is 0.262 e. The molecule has 0 saturated heterocycles. The maximum atomic E-state index is 12.5. The first-order valence-electron chi connectivity index (χ1n) is 9.73. The number of aryl methyl sites for hydroxylation is 1. The predicted molar refractivity (Wildman–Crippen MR) is 108 cm³/mol. The Bertz CT molecular complexity index is 560. The second-order valence-corrected chi connectivity index (χ2v) is 11.5. The van der Waals surface area contributed by atoms with Crippen LogP contribution < -0.4 is 0 Å². The maximum Gasteiger partial charge on any atom is 0.262 e. The summed E-state index contributed by atoms with van der Waals surface area (Å²) >= 11 is 0. The fraction of sp³-hybridized carbons (Fsp3) is 0.650. The van der Waals surface area contributed by atoms with Crippen LogP contribution in [0.1, 0.15) is 51.0 Å². The van der Waals surface area contributed by atoms with Gasteiger partial charge in [0, 0.05) is 18.3 Å². The first-order chi connectivity index (χ1) is 12.4. The van der Waals surface area contributed by atoms with E-state index in [4.69, 9.17) is 4.43 Å². The molecule has 0 aliphatic heterocycles. The van der Waals surface area contributed by atoms with Crippen LogP contribution in [0.2, 0.25) is 18.1 Å². The predicted octanol–water partition coefficient (Wildman–Crippen LogP) is 3.77. The molecule has 6 heteroatoms. The number of hydrogen-bond donors (Lipinski definition) is 2. The summed E-state index contributed by atoms with van der Waals surface area (Å²) in [6.07, 6.45) is 2.02. The van der Waals surface area contributed by atoms with Crippen molar-refractivity contribution in [3.8, 4) is 0 Å². The van der Waals surface area contributed by atoms with Crippen molar-refractivity contribution in [2.24, 2.45) is 0 Å². The number of hydrogen-bond acceptors (Lipinski definition) is 4. The van der Waals surface area contributed by atoms with Gasteiger partial charge in [-0.25, -0.2) is 0 Å². The molecule has 2 N–H and O–H groups in total. The van der Waals surface area contributed by atoms with Gasteiger partial charge in [0.05, 0.1) is 12.2 Å². The Morgan fingerprint density at radius 1 is 1.27 bits per heavy atom. The zero-order valence-corrected chi connectivity index (χ0v) is 17.6. The molecule has 5 nitrogen and oxygen atoms in total. The highest BCUT2D eigenvalue weighted by molar-refractivity contribution is 6.73. The van der Waals surface area contributed by atoms with E-state index in [1.807, 2.05) is 13.0 Å². The van der Waals surface area contributed by atoms with Crippen molar-refractivity contribution in [3.63, 3.8) is 0 Å². The second kappa shape index (κ2) is 10.8. The molecular formula is C20H35NO4Si. The zero-order valence-electron chi connectivity index (χ0n) is 16.6. The molecular weight excluding hydrogens is 346 g/mol. The van der Waals surface area contributed by atoms with Crippen LogP contribution in [0, 0.1) is 0 Å². The second-order valence-electron chi connectivity index (χ2n) is 6.82. The summed E-state index contributed by atoms with van der Waals surface area (Å²) in [5.74, 6) is -0.498. The minimum Gasteiger partial charge on any atom is -0.414 e. The fourth-order valence-corrected chi connectivity index (χ4v) is 6.26. The van der Waals surface area contributed by atoms with E-state index in [9.17, 15) is 15.0 Å². The number of rotatable bonds is 12.